The van der Waals surface area contributed by atoms with Crippen LogP contribution in [0.25, 0.3) is 0 Å². The maximum atomic E-state index is 8.51. The Morgan fingerprint density at radius 2 is 0.667 bits per heavy atom. The van der Waals surface area contributed by atoms with Crippen LogP contribution in [0.1, 0.15) is 120 Å². The van der Waals surface area contributed by atoms with Crippen LogP contribution in [0.15, 0.2) is 0 Å². The number of hydrogen-bond donors (Lipinski definition) is 6. The molecule has 0 aromatic rings. The zero-order chi connectivity index (χ0) is 31.9. The molecule has 0 radical (unpaired) electrons. The van der Waals surface area contributed by atoms with Crippen LogP contribution >= 0.6 is 0 Å². The smallest absolute Gasteiger partial charge is 0.197 e. The Kier molecular flexibility index (Phi) is 22.5. The summed E-state index contributed by atoms with van der Waals surface area (Å²) in [6.45, 7) is 23.4. The molecule has 0 aromatic carbocycles. The molecule has 0 heterocycles. The quantitative estimate of drug-likeness (QED) is 0.0519. The van der Waals surface area contributed by atoms with Crippen molar-refractivity contribution in [1.29, 1.82) is 21.6 Å². The Balaban J connectivity index is 4.18. The van der Waals surface area contributed by atoms with E-state index in [1.54, 1.807) is 0 Å². The van der Waals surface area contributed by atoms with Gasteiger partial charge in [0.15, 0.2) is 23.8 Å². The molecule has 246 valence electrons. The van der Waals surface area contributed by atoms with E-state index in [4.69, 9.17) is 21.6 Å². The van der Waals surface area contributed by atoms with Crippen LogP contribution in [0, 0.1) is 33.5 Å². The average Bonchev–Trinajstić information content (AvgIpc) is 2.93. The summed E-state index contributed by atoms with van der Waals surface area (Å²) in [6.07, 6.45) is 12.2. The first kappa shape index (κ1) is 39.5. The molecule has 0 atom stereocenters. The van der Waals surface area contributed by atoms with E-state index in [0.717, 1.165) is 65.2 Å². The van der Waals surface area contributed by atoms with Crippen LogP contribution in [0.3, 0.4) is 0 Å². The summed E-state index contributed by atoms with van der Waals surface area (Å²) in [4.78, 5) is 8.04. The second-order valence-electron chi connectivity index (χ2n) is 12.2. The summed E-state index contributed by atoms with van der Waals surface area (Å²) >= 11 is 0. The molecule has 0 saturated heterocycles. The van der Waals surface area contributed by atoms with E-state index < -0.39 is 0 Å². The van der Waals surface area contributed by atoms with Gasteiger partial charge >= 0.3 is 0 Å². The Morgan fingerprint density at radius 1 is 0.429 bits per heavy atom. The molecule has 0 aliphatic rings. The lowest BCUT2D eigenvalue weighted by Crippen LogP contribution is -2.50. The van der Waals surface area contributed by atoms with E-state index in [2.05, 4.69) is 48.1 Å². The van der Waals surface area contributed by atoms with Gasteiger partial charge in [-0.05, 0) is 52.4 Å². The van der Waals surface area contributed by atoms with Crippen molar-refractivity contribution in [3.63, 3.8) is 0 Å². The van der Waals surface area contributed by atoms with Gasteiger partial charge < -0.3 is 19.6 Å². The second kappa shape index (κ2) is 24.0. The fourth-order valence-corrected chi connectivity index (χ4v) is 5.11. The zero-order valence-electron chi connectivity index (χ0n) is 28.7. The Hall–Kier alpha value is -2.52. The summed E-state index contributed by atoms with van der Waals surface area (Å²) in [6, 6.07) is 0. The lowest BCUT2D eigenvalue weighted by molar-refractivity contribution is 0.342. The lowest BCUT2D eigenvalue weighted by Gasteiger charge is -2.30. The van der Waals surface area contributed by atoms with Gasteiger partial charge in [0.1, 0.15) is 0 Å². The fraction of sp³-hybridized carbons (Fsp3) is 0.875. The Labute approximate surface area is 259 Å². The van der Waals surface area contributed by atoms with E-state index in [0.29, 0.717) is 35.7 Å². The van der Waals surface area contributed by atoms with Gasteiger partial charge in [-0.1, -0.05) is 79.1 Å². The van der Waals surface area contributed by atoms with Crippen LogP contribution in [0.2, 0.25) is 0 Å². The fourth-order valence-electron chi connectivity index (χ4n) is 5.11. The minimum absolute atomic E-state index is 0.315. The molecular formula is C32H68N10. The molecule has 0 aliphatic carbocycles. The van der Waals surface area contributed by atoms with E-state index in [1.165, 1.54) is 51.4 Å². The van der Waals surface area contributed by atoms with Crippen molar-refractivity contribution in [1.82, 2.24) is 30.2 Å². The van der Waals surface area contributed by atoms with Crippen LogP contribution in [-0.4, -0.2) is 95.8 Å². The number of guanidine groups is 4. The standard InChI is InChI=1S/C32H68N10/c1-9-39(10-2)29(33)37-31(35)41(25-27(5)6)23-21-19-17-15-13-14-16-18-20-22-24-42(26-28(7)8)32(36)38-30(34)40(11-3)12-4/h27-28H,9-26H2,1-8H3,(H3,33,35,37)(H3,34,36,38). The number of nitrogens with one attached hydrogen (secondary N) is 6. The number of unbranched alkanes of at least 4 members (excludes halogenated alkanes) is 9. The van der Waals surface area contributed by atoms with Crippen molar-refractivity contribution in [3.8, 4) is 0 Å². The molecule has 0 unspecified atom stereocenters. The summed E-state index contributed by atoms with van der Waals surface area (Å²) in [7, 11) is 0. The molecule has 0 fully saturated rings. The molecule has 0 spiro atoms. The second-order valence-corrected chi connectivity index (χ2v) is 12.2. The van der Waals surface area contributed by atoms with Crippen LogP contribution in [0.4, 0.5) is 0 Å². The van der Waals surface area contributed by atoms with Crippen molar-refractivity contribution in [3.05, 3.63) is 0 Å². The minimum atomic E-state index is 0.315. The molecule has 0 amide bonds. The highest BCUT2D eigenvalue weighted by Gasteiger charge is 2.16. The number of hydrogen-bond acceptors (Lipinski definition) is 4. The van der Waals surface area contributed by atoms with Crippen molar-refractivity contribution in [2.75, 3.05) is 52.4 Å². The minimum Gasteiger partial charge on any atom is -0.343 e. The molecular weight excluding hydrogens is 524 g/mol. The third-order valence-corrected chi connectivity index (χ3v) is 7.54. The molecule has 0 rings (SSSR count). The van der Waals surface area contributed by atoms with Gasteiger partial charge in [-0.2, -0.15) is 0 Å². The van der Waals surface area contributed by atoms with E-state index in [9.17, 15) is 0 Å². The van der Waals surface area contributed by atoms with E-state index in [-0.39, 0.29) is 0 Å². The SMILES string of the molecule is CCN(CC)C(=N)NC(=N)N(CCCCCCCCCCCCN(CC(C)C)C(=N)NC(=N)N(CC)CC)CC(C)C. The third kappa shape index (κ3) is 18.1. The van der Waals surface area contributed by atoms with Gasteiger partial charge in [0, 0.05) is 52.4 Å². The largest absolute Gasteiger partial charge is 0.343 e. The highest BCUT2D eigenvalue weighted by atomic mass is 15.4. The maximum absolute atomic E-state index is 8.51. The third-order valence-electron chi connectivity index (χ3n) is 7.54. The average molecular weight is 593 g/mol. The number of nitrogens with zero attached hydrogens (tertiary/aromatic N) is 4. The molecule has 0 aliphatic heterocycles. The normalized spacial score (nSPS) is 11.0. The first-order chi connectivity index (χ1) is 20.0. The van der Waals surface area contributed by atoms with Crippen molar-refractivity contribution >= 4 is 23.8 Å². The van der Waals surface area contributed by atoms with E-state index in [1.807, 2.05) is 37.5 Å². The van der Waals surface area contributed by atoms with Gasteiger partial charge in [-0.3, -0.25) is 32.3 Å². The molecule has 0 saturated carbocycles. The first-order valence-electron chi connectivity index (χ1n) is 16.9. The molecule has 42 heavy (non-hydrogen) atoms. The predicted octanol–water partition coefficient (Wildman–Crippen LogP) is 6.41. The van der Waals surface area contributed by atoms with Gasteiger partial charge in [0.25, 0.3) is 0 Å². The molecule has 0 aromatic heterocycles. The van der Waals surface area contributed by atoms with E-state index >= 15 is 0 Å². The van der Waals surface area contributed by atoms with Gasteiger partial charge in [0.05, 0.1) is 0 Å². The Bertz CT molecular complexity index is 682. The van der Waals surface area contributed by atoms with Crippen molar-refractivity contribution in [2.45, 2.75) is 120 Å². The number of rotatable bonds is 21. The lowest BCUT2D eigenvalue weighted by atomic mass is 10.1. The summed E-state index contributed by atoms with van der Waals surface area (Å²) in [5.41, 5.74) is 0. The van der Waals surface area contributed by atoms with Crippen molar-refractivity contribution < 1.29 is 0 Å². The molecule has 10 nitrogen and oxygen atoms in total. The monoisotopic (exact) mass is 593 g/mol. The zero-order valence-corrected chi connectivity index (χ0v) is 28.7. The van der Waals surface area contributed by atoms with Gasteiger partial charge in [0.2, 0.25) is 0 Å². The summed E-state index contributed by atoms with van der Waals surface area (Å²) in [5.74, 6) is 2.28. The van der Waals surface area contributed by atoms with Crippen LogP contribution in [0.5, 0.6) is 0 Å². The van der Waals surface area contributed by atoms with Gasteiger partial charge in [-0.25, -0.2) is 0 Å². The Morgan fingerprint density at radius 3 is 0.905 bits per heavy atom. The van der Waals surface area contributed by atoms with Crippen LogP contribution in [-0.2, 0) is 0 Å². The molecule has 0 bridgehead atoms. The van der Waals surface area contributed by atoms with Crippen molar-refractivity contribution in [2.24, 2.45) is 11.8 Å². The highest BCUT2D eigenvalue weighted by molar-refractivity contribution is 5.96. The summed E-state index contributed by atoms with van der Waals surface area (Å²) < 4.78 is 0. The summed E-state index contributed by atoms with van der Waals surface area (Å²) in [5, 5.41) is 39.5. The predicted molar refractivity (Wildman–Crippen MR) is 182 cm³/mol. The van der Waals surface area contributed by atoms with Crippen LogP contribution < -0.4 is 10.6 Å². The van der Waals surface area contributed by atoms with Gasteiger partial charge in [-0.15, -0.1) is 0 Å². The molecule has 6 N–H and O–H groups in total. The maximum Gasteiger partial charge on any atom is 0.197 e. The topological polar surface area (TPSA) is 132 Å². The molecule has 10 heteroatoms. The highest BCUT2D eigenvalue weighted by Crippen LogP contribution is 2.12. The first-order valence-corrected chi connectivity index (χ1v) is 16.9.